The predicted octanol–water partition coefficient (Wildman–Crippen LogP) is 2.34. The number of piperidine rings is 1. The van der Waals surface area contributed by atoms with E-state index in [1.165, 1.54) is 0 Å². The summed E-state index contributed by atoms with van der Waals surface area (Å²) in [6.07, 6.45) is 5.41. The van der Waals surface area contributed by atoms with E-state index in [2.05, 4.69) is 27.0 Å². The average Bonchev–Trinajstić information content (AvgIpc) is 3.56. The van der Waals surface area contributed by atoms with Crippen molar-refractivity contribution in [3.63, 3.8) is 0 Å². The molecule has 6 rings (SSSR count). The van der Waals surface area contributed by atoms with E-state index in [1.807, 2.05) is 4.90 Å². The molecule has 2 N–H and O–H groups in total. The molecular formula is C24H30ClN7O3. The highest BCUT2D eigenvalue weighted by Gasteiger charge is 2.41. The van der Waals surface area contributed by atoms with Crippen LogP contribution in [-0.4, -0.2) is 74.8 Å². The standard InChI is InChI=1S/C24H30ClN7O3/c1-14-11-24(13-35-14)5-9-31(10-6-24)23-27-20-17(22(34)30(23)2)19(28-29-20)16-3-7-26-21(18(16)25)32-8-4-15(33)12-32/h3,7,14-15,33H,4-6,8-13H2,1-2H3,(H,28,29)/t14-,15+/m0/s1. The van der Waals surface area contributed by atoms with Gasteiger partial charge in [-0.3, -0.25) is 14.5 Å². The number of aliphatic hydroxyl groups is 1. The molecule has 0 aromatic carbocycles. The zero-order valence-corrected chi connectivity index (χ0v) is 20.8. The Kier molecular flexibility index (Phi) is 5.50. The summed E-state index contributed by atoms with van der Waals surface area (Å²) in [5.74, 6) is 1.23. The lowest BCUT2D eigenvalue weighted by Gasteiger charge is -2.39. The second kappa shape index (κ2) is 8.46. The lowest BCUT2D eigenvalue weighted by Crippen LogP contribution is -2.43. The Bertz CT molecular complexity index is 1330. The maximum atomic E-state index is 13.5. The van der Waals surface area contributed by atoms with Gasteiger partial charge in [-0.05, 0) is 44.1 Å². The maximum absolute atomic E-state index is 13.5. The molecule has 3 aliphatic heterocycles. The Morgan fingerprint density at radius 3 is 2.74 bits per heavy atom. The second-order valence-corrected chi connectivity index (χ2v) is 10.6. The summed E-state index contributed by atoms with van der Waals surface area (Å²) in [7, 11) is 1.76. The number of nitrogens with one attached hydrogen (secondary N) is 1. The summed E-state index contributed by atoms with van der Waals surface area (Å²) in [5, 5.41) is 18.1. The van der Waals surface area contributed by atoms with Crippen LogP contribution in [0.2, 0.25) is 5.02 Å². The lowest BCUT2D eigenvalue weighted by atomic mass is 9.77. The zero-order valence-electron chi connectivity index (χ0n) is 20.0. The summed E-state index contributed by atoms with van der Waals surface area (Å²) in [4.78, 5) is 26.9. The van der Waals surface area contributed by atoms with Gasteiger partial charge < -0.3 is 19.6 Å². The number of nitrogens with zero attached hydrogens (tertiary/aromatic N) is 6. The number of anilines is 2. The van der Waals surface area contributed by atoms with Gasteiger partial charge in [-0.1, -0.05) is 11.6 Å². The topological polar surface area (TPSA) is 112 Å². The van der Waals surface area contributed by atoms with Gasteiger partial charge in [0.15, 0.2) is 5.65 Å². The fraction of sp³-hybridized carbons (Fsp3) is 0.583. The van der Waals surface area contributed by atoms with E-state index in [9.17, 15) is 9.90 Å². The molecule has 35 heavy (non-hydrogen) atoms. The van der Waals surface area contributed by atoms with Gasteiger partial charge in [-0.25, -0.2) is 4.98 Å². The number of pyridine rings is 1. The number of halogens is 1. The number of rotatable bonds is 3. The normalized spacial score (nSPS) is 24.2. The number of aliphatic hydroxyl groups excluding tert-OH is 1. The van der Waals surface area contributed by atoms with Crippen LogP contribution in [0.4, 0.5) is 11.8 Å². The summed E-state index contributed by atoms with van der Waals surface area (Å²) in [6.45, 7) is 5.79. The molecule has 1 spiro atoms. The molecule has 0 saturated carbocycles. The van der Waals surface area contributed by atoms with Crippen molar-refractivity contribution < 1.29 is 9.84 Å². The summed E-state index contributed by atoms with van der Waals surface area (Å²) in [5.41, 5.74) is 1.61. The molecule has 0 unspecified atom stereocenters. The minimum Gasteiger partial charge on any atom is -0.391 e. The van der Waals surface area contributed by atoms with Crippen LogP contribution in [0, 0.1) is 5.41 Å². The number of fused-ring (bicyclic) bond motifs is 1. The van der Waals surface area contributed by atoms with Crippen LogP contribution in [-0.2, 0) is 11.8 Å². The van der Waals surface area contributed by atoms with Crippen molar-refractivity contribution in [1.29, 1.82) is 0 Å². The van der Waals surface area contributed by atoms with Crippen molar-refractivity contribution in [3.8, 4) is 11.3 Å². The van der Waals surface area contributed by atoms with Gasteiger partial charge in [0.1, 0.15) is 16.9 Å². The highest BCUT2D eigenvalue weighted by atomic mass is 35.5. The van der Waals surface area contributed by atoms with Gasteiger partial charge in [0.05, 0.1) is 23.8 Å². The first-order valence-corrected chi connectivity index (χ1v) is 12.6. The SMILES string of the molecule is C[C@H]1CC2(CCN(c3nc4[nH]nc(-c5ccnc(N6CC[C@@H](O)C6)c5Cl)c4c(=O)n3C)CC2)CO1. The third-order valence-corrected chi connectivity index (χ3v) is 8.24. The summed E-state index contributed by atoms with van der Waals surface area (Å²) < 4.78 is 7.47. The number of aromatic amines is 1. The molecule has 2 atom stereocenters. The first kappa shape index (κ1) is 22.8. The van der Waals surface area contributed by atoms with Gasteiger partial charge in [-0.15, -0.1) is 0 Å². The van der Waals surface area contributed by atoms with Crippen LogP contribution in [0.3, 0.4) is 0 Å². The third-order valence-electron chi connectivity index (χ3n) is 7.87. The fourth-order valence-corrected chi connectivity index (χ4v) is 6.19. The predicted molar refractivity (Wildman–Crippen MR) is 134 cm³/mol. The van der Waals surface area contributed by atoms with Gasteiger partial charge in [-0.2, -0.15) is 10.1 Å². The highest BCUT2D eigenvalue weighted by molar-refractivity contribution is 6.36. The molecule has 3 aliphatic rings. The molecule has 186 valence electrons. The Morgan fingerprint density at radius 2 is 2.06 bits per heavy atom. The number of aromatic nitrogens is 5. The zero-order chi connectivity index (χ0) is 24.3. The van der Waals surface area contributed by atoms with E-state index in [4.69, 9.17) is 21.3 Å². The van der Waals surface area contributed by atoms with Crippen molar-refractivity contribution in [1.82, 2.24) is 24.7 Å². The van der Waals surface area contributed by atoms with E-state index in [0.29, 0.717) is 64.7 Å². The molecule has 3 aromatic heterocycles. The van der Waals surface area contributed by atoms with Gasteiger partial charge in [0.25, 0.3) is 5.56 Å². The molecule has 3 aromatic rings. The highest BCUT2D eigenvalue weighted by Crippen LogP contribution is 2.42. The number of ether oxygens (including phenoxy) is 1. The minimum atomic E-state index is -0.396. The van der Waals surface area contributed by atoms with Crippen molar-refractivity contribution in [3.05, 3.63) is 27.6 Å². The van der Waals surface area contributed by atoms with Gasteiger partial charge in [0, 0.05) is 45.0 Å². The minimum absolute atomic E-state index is 0.169. The first-order valence-electron chi connectivity index (χ1n) is 12.2. The van der Waals surface area contributed by atoms with Gasteiger partial charge in [0.2, 0.25) is 5.95 Å². The molecule has 0 amide bonds. The molecular weight excluding hydrogens is 470 g/mol. The Labute approximate surface area is 207 Å². The maximum Gasteiger partial charge on any atom is 0.266 e. The Hall–Kier alpha value is -2.69. The fourth-order valence-electron chi connectivity index (χ4n) is 5.87. The lowest BCUT2D eigenvalue weighted by molar-refractivity contribution is 0.0974. The van der Waals surface area contributed by atoms with Crippen molar-refractivity contribution in [2.45, 2.75) is 44.8 Å². The average molecular weight is 500 g/mol. The van der Waals surface area contributed by atoms with E-state index < -0.39 is 6.10 Å². The van der Waals surface area contributed by atoms with E-state index >= 15 is 0 Å². The Balaban J connectivity index is 1.34. The Morgan fingerprint density at radius 1 is 1.26 bits per heavy atom. The van der Waals surface area contributed by atoms with Gasteiger partial charge >= 0.3 is 0 Å². The van der Waals surface area contributed by atoms with Crippen LogP contribution in [0.15, 0.2) is 17.1 Å². The molecule has 6 heterocycles. The van der Waals surface area contributed by atoms with Crippen LogP contribution in [0.5, 0.6) is 0 Å². The van der Waals surface area contributed by atoms with Crippen molar-refractivity contribution in [2.24, 2.45) is 12.5 Å². The quantitative estimate of drug-likeness (QED) is 0.564. The second-order valence-electron chi connectivity index (χ2n) is 10.3. The number of hydrogen-bond acceptors (Lipinski definition) is 8. The number of hydrogen-bond donors (Lipinski definition) is 2. The van der Waals surface area contributed by atoms with Crippen LogP contribution in [0.25, 0.3) is 22.3 Å². The smallest absolute Gasteiger partial charge is 0.266 e. The largest absolute Gasteiger partial charge is 0.391 e. The van der Waals surface area contributed by atoms with Crippen molar-refractivity contribution >= 4 is 34.4 Å². The van der Waals surface area contributed by atoms with E-state index in [1.54, 1.807) is 23.9 Å². The van der Waals surface area contributed by atoms with Crippen LogP contribution < -0.4 is 15.4 Å². The monoisotopic (exact) mass is 499 g/mol. The van der Waals surface area contributed by atoms with Crippen LogP contribution in [0.1, 0.15) is 32.6 Å². The van der Waals surface area contributed by atoms with Crippen LogP contribution >= 0.6 is 11.6 Å². The molecule has 10 nitrogen and oxygen atoms in total. The van der Waals surface area contributed by atoms with E-state index in [0.717, 1.165) is 39.0 Å². The molecule has 0 aliphatic carbocycles. The number of β-amino-alcohol motifs (C(OH)–C–C–N with tert-alkyl or cyclic N) is 1. The summed E-state index contributed by atoms with van der Waals surface area (Å²) in [6, 6.07) is 1.76. The first-order chi connectivity index (χ1) is 16.8. The van der Waals surface area contributed by atoms with E-state index in [-0.39, 0.29) is 11.0 Å². The third kappa shape index (κ3) is 3.78. The summed E-state index contributed by atoms with van der Waals surface area (Å²) >= 11 is 6.76. The molecule has 11 heteroatoms. The molecule has 0 bridgehead atoms. The molecule has 3 fully saturated rings. The molecule has 3 saturated heterocycles. The molecule has 0 radical (unpaired) electrons. The van der Waals surface area contributed by atoms with Crippen molar-refractivity contribution in [2.75, 3.05) is 42.6 Å². The number of H-pyrrole nitrogens is 1.